The summed E-state index contributed by atoms with van der Waals surface area (Å²) in [5, 5.41) is 3.72. The van der Waals surface area contributed by atoms with Crippen LogP contribution in [0.2, 0.25) is 0 Å². The smallest absolute Gasteiger partial charge is 0.278 e. The van der Waals surface area contributed by atoms with Gasteiger partial charge in [0.05, 0.1) is 13.7 Å². The van der Waals surface area contributed by atoms with Gasteiger partial charge >= 0.3 is 0 Å². The molecular weight excluding hydrogens is 336 g/mol. The fourth-order valence-corrected chi connectivity index (χ4v) is 4.45. The van der Waals surface area contributed by atoms with E-state index < -0.39 is 10.0 Å². The minimum absolute atomic E-state index is 0.125. The topological polar surface area (TPSA) is 108 Å². The molecule has 1 aliphatic heterocycles. The van der Waals surface area contributed by atoms with E-state index in [1.807, 2.05) is 0 Å². The lowest BCUT2D eigenvalue weighted by Gasteiger charge is -2.17. The van der Waals surface area contributed by atoms with Crippen LogP contribution in [0.1, 0.15) is 17.9 Å². The van der Waals surface area contributed by atoms with Gasteiger partial charge in [0.15, 0.2) is 5.76 Å². The Morgan fingerprint density at radius 1 is 1.25 bits per heavy atom. The second kappa shape index (κ2) is 6.36. The monoisotopic (exact) mass is 354 g/mol. The van der Waals surface area contributed by atoms with E-state index in [-0.39, 0.29) is 35.1 Å². The number of nitrogens with zero attached hydrogens (tertiary/aromatic N) is 4. The molecule has 24 heavy (non-hydrogen) atoms. The van der Waals surface area contributed by atoms with Gasteiger partial charge in [-0.3, -0.25) is 0 Å². The van der Waals surface area contributed by atoms with Gasteiger partial charge in [0.1, 0.15) is 16.7 Å². The molecule has 0 spiro atoms. The van der Waals surface area contributed by atoms with E-state index in [1.165, 1.54) is 23.8 Å². The maximum absolute atomic E-state index is 12.8. The van der Waals surface area contributed by atoms with Crippen LogP contribution in [0.4, 0.5) is 0 Å². The molecule has 130 valence electrons. The Morgan fingerprint density at radius 3 is 2.58 bits per heavy atom. The molecule has 2 aromatic rings. The summed E-state index contributed by atoms with van der Waals surface area (Å²) in [5.41, 5.74) is 0.354. The lowest BCUT2D eigenvalue weighted by atomic mass is 10.3. The normalized spacial score (nSPS) is 18.7. The zero-order valence-electron chi connectivity index (χ0n) is 13.6. The molecule has 0 bridgehead atoms. The predicted molar refractivity (Wildman–Crippen MR) is 82.4 cm³/mol. The number of sulfonamides is 1. The average molecular weight is 354 g/mol. The quantitative estimate of drug-likeness (QED) is 0.780. The van der Waals surface area contributed by atoms with Crippen LogP contribution in [0.3, 0.4) is 0 Å². The summed E-state index contributed by atoms with van der Waals surface area (Å²) in [7, 11) is -2.20. The van der Waals surface area contributed by atoms with Crippen molar-refractivity contribution in [2.45, 2.75) is 31.3 Å². The van der Waals surface area contributed by atoms with Crippen molar-refractivity contribution >= 4 is 10.0 Å². The van der Waals surface area contributed by atoms with Crippen molar-refractivity contribution in [3.63, 3.8) is 0 Å². The first-order valence-electron chi connectivity index (χ1n) is 7.38. The summed E-state index contributed by atoms with van der Waals surface area (Å²) >= 11 is 0. The summed E-state index contributed by atoms with van der Waals surface area (Å²) in [4.78, 5) is 8.21. The van der Waals surface area contributed by atoms with Gasteiger partial charge in [-0.05, 0) is 20.3 Å². The molecule has 0 saturated carbocycles. The second-order valence-corrected chi connectivity index (χ2v) is 7.29. The third-order valence-corrected chi connectivity index (χ3v) is 5.89. The standard InChI is InChI=1S/C14H18N4O5S/c1-9-12(10(2)23-17-9)24(19,20)18-7-4-11(8-18)22-14-13(21-3)15-5-6-16-14/h5-6,11H,4,7-8H2,1-3H3/t11-/m0/s1. The maximum atomic E-state index is 12.8. The van der Waals surface area contributed by atoms with Crippen molar-refractivity contribution in [1.29, 1.82) is 0 Å². The molecule has 0 unspecified atom stereocenters. The molecule has 1 atom stereocenters. The molecule has 3 heterocycles. The molecule has 0 amide bonds. The lowest BCUT2D eigenvalue weighted by Crippen LogP contribution is -2.31. The molecule has 1 fully saturated rings. The molecule has 10 heteroatoms. The molecule has 0 radical (unpaired) electrons. The van der Waals surface area contributed by atoms with Crippen LogP contribution < -0.4 is 9.47 Å². The number of ether oxygens (including phenoxy) is 2. The number of methoxy groups -OCH3 is 1. The first-order chi connectivity index (χ1) is 11.4. The third-order valence-electron chi connectivity index (χ3n) is 3.78. The molecule has 1 saturated heterocycles. The highest BCUT2D eigenvalue weighted by atomic mass is 32.2. The average Bonchev–Trinajstić information content (AvgIpc) is 3.15. The fourth-order valence-electron chi connectivity index (χ4n) is 2.68. The first kappa shape index (κ1) is 16.7. The van der Waals surface area contributed by atoms with Crippen LogP contribution in [-0.4, -0.2) is 54.2 Å². The molecule has 3 rings (SSSR count). The zero-order chi connectivity index (χ0) is 17.3. The van der Waals surface area contributed by atoms with Crippen molar-refractivity contribution < 1.29 is 22.4 Å². The third kappa shape index (κ3) is 2.94. The number of hydrogen-bond acceptors (Lipinski definition) is 8. The molecule has 0 aliphatic carbocycles. The number of hydrogen-bond donors (Lipinski definition) is 0. The lowest BCUT2D eigenvalue weighted by molar-refractivity contribution is 0.194. The highest BCUT2D eigenvalue weighted by Crippen LogP contribution is 2.29. The van der Waals surface area contributed by atoms with Crippen LogP contribution in [-0.2, 0) is 10.0 Å². The van der Waals surface area contributed by atoms with Crippen molar-refractivity contribution in [3.05, 3.63) is 23.8 Å². The SMILES string of the molecule is COc1nccnc1O[C@H]1CCN(S(=O)(=O)c2c(C)noc2C)C1. The summed E-state index contributed by atoms with van der Waals surface area (Å²) in [6.07, 6.45) is 3.20. The number of rotatable bonds is 5. The van der Waals surface area contributed by atoms with Gasteiger partial charge in [-0.1, -0.05) is 5.16 Å². The fraction of sp³-hybridized carbons (Fsp3) is 0.500. The Morgan fingerprint density at radius 2 is 1.96 bits per heavy atom. The van der Waals surface area contributed by atoms with Gasteiger partial charge < -0.3 is 14.0 Å². The van der Waals surface area contributed by atoms with E-state index in [9.17, 15) is 8.42 Å². The van der Waals surface area contributed by atoms with Gasteiger partial charge in [-0.2, -0.15) is 4.31 Å². The Kier molecular flexibility index (Phi) is 4.41. The van der Waals surface area contributed by atoms with Gasteiger partial charge in [0.25, 0.3) is 11.8 Å². The van der Waals surface area contributed by atoms with Crippen molar-refractivity contribution in [2.24, 2.45) is 0 Å². The Hall–Kier alpha value is -2.20. The van der Waals surface area contributed by atoms with Crippen LogP contribution in [0, 0.1) is 13.8 Å². The van der Waals surface area contributed by atoms with E-state index >= 15 is 0 Å². The number of aryl methyl sites for hydroxylation is 2. The second-order valence-electron chi connectivity index (χ2n) is 5.42. The molecular formula is C14H18N4O5S. The van der Waals surface area contributed by atoms with Crippen LogP contribution in [0.15, 0.2) is 21.8 Å². The van der Waals surface area contributed by atoms with E-state index in [2.05, 4.69) is 15.1 Å². The summed E-state index contributed by atoms with van der Waals surface area (Å²) in [6.45, 7) is 3.75. The Balaban J connectivity index is 1.76. The highest BCUT2D eigenvalue weighted by molar-refractivity contribution is 7.89. The van der Waals surface area contributed by atoms with Crippen LogP contribution in [0.5, 0.6) is 11.8 Å². The Labute approximate surface area is 139 Å². The van der Waals surface area contributed by atoms with E-state index in [1.54, 1.807) is 13.8 Å². The molecule has 1 aliphatic rings. The summed E-state index contributed by atoms with van der Waals surface area (Å²) < 4.78 is 42.7. The minimum Gasteiger partial charge on any atom is -0.477 e. The van der Waals surface area contributed by atoms with Crippen molar-refractivity contribution in [1.82, 2.24) is 19.4 Å². The molecule has 0 N–H and O–H groups in total. The van der Waals surface area contributed by atoms with Crippen LogP contribution in [0.25, 0.3) is 0 Å². The minimum atomic E-state index is -3.67. The van der Waals surface area contributed by atoms with Gasteiger partial charge in [-0.25, -0.2) is 18.4 Å². The number of aromatic nitrogens is 3. The molecule has 2 aromatic heterocycles. The largest absolute Gasteiger partial charge is 0.477 e. The first-order valence-corrected chi connectivity index (χ1v) is 8.82. The van der Waals surface area contributed by atoms with Gasteiger partial charge in [-0.15, -0.1) is 0 Å². The summed E-state index contributed by atoms with van der Waals surface area (Å²) in [5.74, 6) is 0.804. The van der Waals surface area contributed by atoms with Gasteiger partial charge in [0.2, 0.25) is 10.0 Å². The zero-order valence-corrected chi connectivity index (χ0v) is 14.4. The van der Waals surface area contributed by atoms with E-state index in [0.717, 1.165) is 0 Å². The molecule has 9 nitrogen and oxygen atoms in total. The van der Waals surface area contributed by atoms with E-state index in [0.29, 0.717) is 18.7 Å². The Bertz CT molecular complexity index is 816. The van der Waals surface area contributed by atoms with E-state index in [4.69, 9.17) is 14.0 Å². The van der Waals surface area contributed by atoms with Crippen molar-refractivity contribution in [2.75, 3.05) is 20.2 Å². The summed E-state index contributed by atoms with van der Waals surface area (Å²) in [6, 6.07) is 0. The van der Waals surface area contributed by atoms with Crippen molar-refractivity contribution in [3.8, 4) is 11.8 Å². The molecule has 0 aromatic carbocycles. The highest BCUT2D eigenvalue weighted by Gasteiger charge is 2.37. The predicted octanol–water partition coefficient (Wildman–Crippen LogP) is 0.932. The maximum Gasteiger partial charge on any atom is 0.278 e. The van der Waals surface area contributed by atoms with Crippen LogP contribution >= 0.6 is 0 Å². The van der Waals surface area contributed by atoms with Gasteiger partial charge in [0, 0.05) is 18.9 Å².